The summed E-state index contributed by atoms with van der Waals surface area (Å²) in [6.45, 7) is -1.81. The first-order chi connectivity index (χ1) is 20.3. The number of hydrogen-bond donors (Lipinski definition) is 6. The van der Waals surface area contributed by atoms with E-state index in [1.165, 1.54) is 40.0 Å². The molecule has 2 aliphatic rings. The highest BCUT2D eigenvalue weighted by Crippen LogP contribution is 2.58. The number of aromatic nitrogens is 3. The van der Waals surface area contributed by atoms with Crippen LogP contribution in [0.1, 0.15) is 22.8 Å². The summed E-state index contributed by atoms with van der Waals surface area (Å²) in [7, 11) is -11.0. The molecule has 0 bridgehead atoms. The zero-order chi connectivity index (χ0) is 31.1. The molecule has 1 aromatic carbocycles. The van der Waals surface area contributed by atoms with E-state index in [0.29, 0.717) is 11.0 Å². The predicted molar refractivity (Wildman–Crippen MR) is 137 cm³/mol. The summed E-state index contributed by atoms with van der Waals surface area (Å²) in [6, 6.07) is 9.73. The third-order valence-electron chi connectivity index (χ3n) is 6.83. The van der Waals surface area contributed by atoms with Gasteiger partial charge >= 0.3 is 7.82 Å². The second-order valence-corrected chi connectivity index (χ2v) is 12.7. The Balaban J connectivity index is 1.15. The topological polar surface area (TPSA) is 269 Å². The number of benzene rings is 1. The molecular weight excluding hydrogens is 618 g/mol. The first kappa shape index (κ1) is 31.7. The Hall–Kier alpha value is -2.67. The summed E-state index contributed by atoms with van der Waals surface area (Å²) in [4.78, 5) is 37.9. The van der Waals surface area contributed by atoms with Crippen molar-refractivity contribution in [2.45, 2.75) is 49.1 Å². The van der Waals surface area contributed by atoms with Crippen LogP contribution in [0, 0.1) is 0 Å². The minimum absolute atomic E-state index is 0.0689. The number of amides is 1. The van der Waals surface area contributed by atoms with Gasteiger partial charge in [-0.15, -0.1) is 0 Å². The number of pyridine rings is 1. The monoisotopic (exact) mass is 646 g/mol. The van der Waals surface area contributed by atoms with Crippen molar-refractivity contribution in [3.8, 4) is 0 Å². The molecule has 2 fully saturated rings. The van der Waals surface area contributed by atoms with Crippen LogP contribution in [-0.2, 0) is 32.0 Å². The molecule has 0 radical (unpaired) electrons. The summed E-state index contributed by atoms with van der Waals surface area (Å²) in [5.41, 5.74) is 6.47. The number of primary amides is 1. The maximum Gasteiger partial charge on any atom is 0.478 e. The minimum atomic E-state index is -5.59. The van der Waals surface area contributed by atoms with Crippen LogP contribution in [-0.4, -0.2) is 90.6 Å². The third-order valence-corrected chi connectivity index (χ3v) is 9.40. The van der Waals surface area contributed by atoms with E-state index >= 15 is 0 Å². The number of nitrogens with two attached hydrogens (primary N) is 1. The standard InChI is InChI=1S/C23H28N4O14P2/c24-21(32)12-4-3-7-26(8-12)22-19(30)17(28)15(39-22)9-37-42(33,34)41-43(35,36)38-10-16-18(29)20(31)23(40-16)27-11-25-13-5-1-2-6-14(13)27/h1-8,11,15-20,22-23,28-31H,9-10H2,(H3-,24,32,33,34,35,36)/t15-,16-,17-,18-,19-,20-,22-,23-/m1/s1. The summed E-state index contributed by atoms with van der Waals surface area (Å²) >= 11 is 0. The lowest BCUT2D eigenvalue weighted by atomic mass is 10.1. The van der Waals surface area contributed by atoms with Gasteiger partial charge in [0.05, 0.1) is 30.6 Å². The van der Waals surface area contributed by atoms with Crippen molar-refractivity contribution in [1.82, 2.24) is 9.55 Å². The van der Waals surface area contributed by atoms with E-state index in [1.807, 2.05) is 0 Å². The van der Waals surface area contributed by atoms with Gasteiger partial charge in [-0.1, -0.05) is 12.1 Å². The van der Waals surface area contributed by atoms with Crippen LogP contribution in [0.2, 0.25) is 0 Å². The molecular formula is C23H28N4O14P2. The fourth-order valence-corrected chi connectivity index (χ4v) is 6.75. The molecule has 4 heterocycles. The van der Waals surface area contributed by atoms with Crippen LogP contribution in [0.5, 0.6) is 0 Å². The normalized spacial score (nSPS) is 32.0. The fraction of sp³-hybridized carbons (Fsp3) is 0.435. The molecule has 43 heavy (non-hydrogen) atoms. The average Bonchev–Trinajstić information content (AvgIpc) is 3.60. The molecule has 2 saturated heterocycles. The summed E-state index contributed by atoms with van der Waals surface area (Å²) in [5.74, 6) is -0.765. The number of hydrogen-bond acceptors (Lipinski definition) is 14. The van der Waals surface area contributed by atoms with Crippen LogP contribution < -0.4 is 15.2 Å². The van der Waals surface area contributed by atoms with Crippen molar-refractivity contribution in [3.63, 3.8) is 0 Å². The van der Waals surface area contributed by atoms with Crippen LogP contribution in [0.4, 0.5) is 0 Å². The number of nitrogens with zero attached hydrogens (tertiary/aromatic N) is 3. The molecule has 20 heteroatoms. The molecule has 0 spiro atoms. The number of aliphatic hydroxyl groups is 4. The molecule has 18 nitrogen and oxygen atoms in total. The highest BCUT2D eigenvalue weighted by atomic mass is 31.3. The van der Waals surface area contributed by atoms with E-state index < -0.39 is 83.8 Å². The van der Waals surface area contributed by atoms with Crippen molar-refractivity contribution in [3.05, 3.63) is 60.7 Å². The Bertz CT molecular complexity index is 1570. The SMILES string of the molecule is NC(=O)c1ccc[n+]([C@@H]2O[C@H](COP(=O)([O-])OP(=O)(O)OC[C@H]3O[C@@H](n4cnc5ccccc54)[C@H](O)[C@@H]3O)[C@@H](O)[C@H]2O)c1. The van der Waals surface area contributed by atoms with Gasteiger partial charge in [0.2, 0.25) is 0 Å². The number of para-hydroxylation sites is 2. The lowest BCUT2D eigenvalue weighted by molar-refractivity contribution is -0.765. The highest BCUT2D eigenvalue weighted by Gasteiger charge is 2.49. The molecule has 5 rings (SSSR count). The van der Waals surface area contributed by atoms with Crippen molar-refractivity contribution in [2.24, 2.45) is 5.73 Å². The van der Waals surface area contributed by atoms with E-state index in [0.717, 1.165) is 0 Å². The zero-order valence-corrected chi connectivity index (χ0v) is 23.7. The second-order valence-electron chi connectivity index (χ2n) is 9.73. The first-order valence-electron chi connectivity index (χ1n) is 12.7. The number of fused-ring (bicyclic) bond motifs is 1. The Morgan fingerprint density at radius 2 is 1.67 bits per heavy atom. The van der Waals surface area contributed by atoms with Gasteiger partial charge in [0, 0.05) is 6.07 Å². The number of rotatable bonds is 11. The third kappa shape index (κ3) is 6.87. The zero-order valence-electron chi connectivity index (χ0n) is 22.0. The number of imidazole rings is 1. The Morgan fingerprint density at radius 1 is 1.00 bits per heavy atom. The molecule has 3 aromatic rings. The summed E-state index contributed by atoms with van der Waals surface area (Å²) in [5, 5.41) is 41.6. The van der Waals surface area contributed by atoms with Crippen LogP contribution in [0.25, 0.3) is 11.0 Å². The van der Waals surface area contributed by atoms with Gasteiger partial charge in [-0.2, -0.15) is 4.57 Å². The fourth-order valence-electron chi connectivity index (χ4n) is 4.69. The lowest BCUT2D eigenvalue weighted by Gasteiger charge is -2.26. The predicted octanol–water partition coefficient (Wildman–Crippen LogP) is -2.02. The van der Waals surface area contributed by atoms with Crippen molar-refractivity contribution >= 4 is 32.6 Å². The van der Waals surface area contributed by atoms with Gasteiger partial charge in [-0.25, -0.2) is 13.9 Å². The van der Waals surface area contributed by atoms with E-state index in [4.69, 9.17) is 19.7 Å². The van der Waals surface area contributed by atoms with Gasteiger partial charge in [0.25, 0.3) is 20.0 Å². The van der Waals surface area contributed by atoms with Crippen molar-refractivity contribution in [1.29, 1.82) is 0 Å². The molecule has 7 N–H and O–H groups in total. The largest absolute Gasteiger partial charge is 0.756 e. The summed E-state index contributed by atoms with van der Waals surface area (Å²) < 4.78 is 51.9. The average molecular weight is 646 g/mol. The number of aliphatic hydroxyl groups excluding tert-OH is 4. The van der Waals surface area contributed by atoms with Crippen molar-refractivity contribution in [2.75, 3.05) is 13.2 Å². The number of phosphoric ester groups is 2. The quantitative estimate of drug-likeness (QED) is 0.0969. The van der Waals surface area contributed by atoms with Gasteiger partial charge in [-0.05, 0) is 18.2 Å². The molecule has 10 atom stereocenters. The van der Waals surface area contributed by atoms with Gasteiger partial charge in [0.15, 0.2) is 24.7 Å². The van der Waals surface area contributed by atoms with Gasteiger partial charge in [-0.3, -0.25) is 13.9 Å². The Labute approximate surface area is 242 Å². The molecule has 0 saturated carbocycles. The number of ether oxygens (including phenoxy) is 2. The minimum Gasteiger partial charge on any atom is -0.756 e. The lowest BCUT2D eigenvalue weighted by Crippen LogP contribution is -2.46. The van der Waals surface area contributed by atoms with E-state index in [9.17, 15) is 44.1 Å². The summed E-state index contributed by atoms with van der Waals surface area (Å²) in [6.07, 6.45) is -7.54. The smallest absolute Gasteiger partial charge is 0.478 e. The number of carbonyl (C=O) groups is 1. The molecule has 2 unspecified atom stereocenters. The van der Waals surface area contributed by atoms with Crippen LogP contribution in [0.3, 0.4) is 0 Å². The second kappa shape index (κ2) is 12.4. The molecule has 2 aliphatic heterocycles. The maximum absolute atomic E-state index is 12.4. The van der Waals surface area contributed by atoms with Crippen LogP contribution in [0.15, 0.2) is 55.1 Å². The maximum atomic E-state index is 12.4. The Kier molecular flexibility index (Phi) is 9.14. The van der Waals surface area contributed by atoms with Gasteiger partial charge < -0.3 is 54.5 Å². The van der Waals surface area contributed by atoms with E-state index in [-0.39, 0.29) is 5.56 Å². The number of phosphoric acid groups is 2. The molecule has 2 aromatic heterocycles. The van der Waals surface area contributed by atoms with Gasteiger partial charge in [0.1, 0.15) is 36.1 Å². The molecule has 1 amide bonds. The molecule has 0 aliphatic carbocycles. The van der Waals surface area contributed by atoms with Crippen molar-refractivity contribution < 1.29 is 71.5 Å². The van der Waals surface area contributed by atoms with E-state index in [1.54, 1.807) is 24.3 Å². The Morgan fingerprint density at radius 3 is 2.42 bits per heavy atom. The highest BCUT2D eigenvalue weighted by molar-refractivity contribution is 7.60. The number of carbonyl (C=O) groups excluding carboxylic acids is 1. The van der Waals surface area contributed by atoms with Crippen LogP contribution >= 0.6 is 15.6 Å². The first-order valence-corrected chi connectivity index (χ1v) is 15.6. The molecule has 234 valence electrons. The van der Waals surface area contributed by atoms with E-state index in [2.05, 4.69) is 13.8 Å².